The van der Waals surface area contributed by atoms with Crippen LogP contribution in [-0.2, 0) is 11.2 Å². The number of aryl methyl sites for hydroxylation is 1. The molecule has 0 unspecified atom stereocenters. The van der Waals surface area contributed by atoms with Crippen molar-refractivity contribution in [3.63, 3.8) is 0 Å². The number of carbonyl (C=O) groups is 2. The maximum absolute atomic E-state index is 12.4. The van der Waals surface area contributed by atoms with Gasteiger partial charge in [-0.15, -0.1) is 0 Å². The largest absolute Gasteiger partial charge is 0.454 e. The maximum atomic E-state index is 12.4. The number of esters is 1. The minimum absolute atomic E-state index is 0.0617. The third-order valence-corrected chi connectivity index (χ3v) is 5.55. The SMILES string of the molecule is CCCc1ccc(C(=O)COC(=O)c2ccc(N3CCC[C@@H](C)C3)c([N+](=O)[O-])c2)cc1. The zero-order valence-corrected chi connectivity index (χ0v) is 18.0. The van der Waals surface area contributed by atoms with Crippen LogP contribution in [0.2, 0.25) is 0 Å². The van der Waals surface area contributed by atoms with Crippen molar-refractivity contribution < 1.29 is 19.2 Å². The van der Waals surface area contributed by atoms with E-state index in [0.29, 0.717) is 17.2 Å². The molecule has 0 aliphatic carbocycles. The molecule has 7 heteroatoms. The van der Waals surface area contributed by atoms with Gasteiger partial charge in [-0.25, -0.2) is 4.79 Å². The van der Waals surface area contributed by atoms with Crippen LogP contribution < -0.4 is 4.90 Å². The van der Waals surface area contributed by atoms with Crippen LogP contribution in [0.5, 0.6) is 0 Å². The fourth-order valence-electron chi connectivity index (χ4n) is 3.92. The number of benzene rings is 2. The van der Waals surface area contributed by atoms with E-state index in [4.69, 9.17) is 4.74 Å². The number of rotatable bonds is 8. The Hall–Kier alpha value is -3.22. The molecule has 0 bridgehead atoms. The minimum atomic E-state index is -0.752. The first-order chi connectivity index (χ1) is 14.9. The fourth-order valence-corrected chi connectivity index (χ4v) is 3.92. The lowest BCUT2D eigenvalue weighted by atomic mass is 9.99. The van der Waals surface area contributed by atoms with E-state index in [1.54, 1.807) is 18.2 Å². The summed E-state index contributed by atoms with van der Waals surface area (Å²) in [7, 11) is 0. The Morgan fingerprint density at radius 3 is 2.52 bits per heavy atom. The van der Waals surface area contributed by atoms with E-state index in [-0.39, 0.29) is 17.0 Å². The second-order valence-electron chi connectivity index (χ2n) is 8.10. The van der Waals surface area contributed by atoms with E-state index in [2.05, 4.69) is 13.8 Å². The quantitative estimate of drug-likeness (QED) is 0.261. The Morgan fingerprint density at radius 2 is 1.87 bits per heavy atom. The van der Waals surface area contributed by atoms with Gasteiger partial charge in [-0.05, 0) is 42.9 Å². The van der Waals surface area contributed by atoms with Crippen LogP contribution in [0.25, 0.3) is 0 Å². The lowest BCUT2D eigenvalue weighted by Gasteiger charge is -2.32. The van der Waals surface area contributed by atoms with Crippen LogP contribution >= 0.6 is 0 Å². The van der Waals surface area contributed by atoms with Crippen LogP contribution in [0, 0.1) is 16.0 Å². The molecule has 1 saturated heterocycles. The molecule has 2 aromatic rings. The van der Waals surface area contributed by atoms with Gasteiger partial charge in [0.15, 0.2) is 12.4 Å². The van der Waals surface area contributed by atoms with Gasteiger partial charge in [-0.3, -0.25) is 14.9 Å². The van der Waals surface area contributed by atoms with E-state index in [1.807, 2.05) is 17.0 Å². The van der Waals surface area contributed by atoms with Gasteiger partial charge in [0.25, 0.3) is 5.69 Å². The molecule has 1 aliphatic rings. The van der Waals surface area contributed by atoms with Crippen molar-refractivity contribution in [1.82, 2.24) is 0 Å². The third-order valence-electron chi connectivity index (χ3n) is 5.55. The number of nitro benzene ring substituents is 1. The second kappa shape index (κ2) is 10.2. The molecule has 0 N–H and O–H groups in total. The first kappa shape index (κ1) is 22.5. The molecule has 3 rings (SSSR count). The molecule has 2 aromatic carbocycles. The molecule has 1 aliphatic heterocycles. The maximum Gasteiger partial charge on any atom is 0.338 e. The average Bonchev–Trinajstić information content (AvgIpc) is 2.77. The Kier molecular flexibility index (Phi) is 7.39. The van der Waals surface area contributed by atoms with Crippen LogP contribution in [0.3, 0.4) is 0 Å². The van der Waals surface area contributed by atoms with Gasteiger partial charge in [0.05, 0.1) is 10.5 Å². The first-order valence-corrected chi connectivity index (χ1v) is 10.7. The molecule has 164 valence electrons. The number of nitro groups is 1. The van der Waals surface area contributed by atoms with Crippen LogP contribution in [0.15, 0.2) is 42.5 Å². The molecular weight excluding hydrogens is 396 g/mol. The molecule has 1 fully saturated rings. The van der Waals surface area contributed by atoms with Crippen molar-refractivity contribution in [2.24, 2.45) is 5.92 Å². The number of hydrogen-bond acceptors (Lipinski definition) is 6. The monoisotopic (exact) mass is 424 g/mol. The van der Waals surface area contributed by atoms with Gasteiger partial charge in [-0.1, -0.05) is 44.5 Å². The van der Waals surface area contributed by atoms with Gasteiger partial charge in [0.2, 0.25) is 0 Å². The summed E-state index contributed by atoms with van der Waals surface area (Å²) in [5, 5.41) is 11.6. The number of ketones is 1. The molecule has 0 aromatic heterocycles. The van der Waals surface area contributed by atoms with Crippen molar-refractivity contribution in [3.8, 4) is 0 Å². The van der Waals surface area contributed by atoms with Crippen molar-refractivity contribution in [2.75, 3.05) is 24.6 Å². The molecular formula is C24H28N2O5. The first-order valence-electron chi connectivity index (χ1n) is 10.7. The highest BCUT2D eigenvalue weighted by molar-refractivity contribution is 5.99. The van der Waals surface area contributed by atoms with Gasteiger partial charge in [0.1, 0.15) is 5.69 Å². The Bertz CT molecular complexity index is 955. The summed E-state index contributed by atoms with van der Waals surface area (Å²) in [5.74, 6) is -0.609. The zero-order valence-electron chi connectivity index (χ0n) is 18.0. The van der Waals surface area contributed by atoms with Crippen LogP contribution in [-0.4, -0.2) is 36.4 Å². The smallest absolute Gasteiger partial charge is 0.338 e. The average molecular weight is 424 g/mol. The minimum Gasteiger partial charge on any atom is -0.454 e. The van der Waals surface area contributed by atoms with Crippen molar-refractivity contribution in [3.05, 3.63) is 69.3 Å². The van der Waals surface area contributed by atoms with Crippen molar-refractivity contribution >= 4 is 23.1 Å². The summed E-state index contributed by atoms with van der Waals surface area (Å²) in [5.41, 5.74) is 2.06. The van der Waals surface area contributed by atoms with Crippen LogP contribution in [0.4, 0.5) is 11.4 Å². The summed E-state index contributed by atoms with van der Waals surface area (Å²) in [6.45, 7) is 5.29. The summed E-state index contributed by atoms with van der Waals surface area (Å²) in [6.07, 6.45) is 4.04. The van der Waals surface area contributed by atoms with Crippen LogP contribution in [0.1, 0.15) is 59.4 Å². The van der Waals surface area contributed by atoms with Crippen molar-refractivity contribution in [2.45, 2.75) is 39.5 Å². The van der Waals surface area contributed by atoms with E-state index >= 15 is 0 Å². The number of carbonyl (C=O) groups excluding carboxylic acids is 2. The van der Waals surface area contributed by atoms with Gasteiger partial charge in [0, 0.05) is 24.7 Å². The fraction of sp³-hybridized carbons (Fsp3) is 0.417. The lowest BCUT2D eigenvalue weighted by Crippen LogP contribution is -2.34. The Morgan fingerprint density at radius 1 is 1.16 bits per heavy atom. The topological polar surface area (TPSA) is 89.8 Å². The highest BCUT2D eigenvalue weighted by Crippen LogP contribution is 2.32. The summed E-state index contributed by atoms with van der Waals surface area (Å²) in [4.78, 5) is 37.9. The summed E-state index contributed by atoms with van der Waals surface area (Å²) < 4.78 is 5.13. The molecule has 1 atom stereocenters. The zero-order chi connectivity index (χ0) is 22.4. The highest BCUT2D eigenvalue weighted by Gasteiger charge is 2.25. The molecule has 1 heterocycles. The van der Waals surface area contributed by atoms with E-state index in [0.717, 1.165) is 44.3 Å². The number of anilines is 1. The molecule has 0 amide bonds. The van der Waals surface area contributed by atoms with E-state index in [9.17, 15) is 19.7 Å². The predicted molar refractivity (Wildman–Crippen MR) is 119 cm³/mol. The highest BCUT2D eigenvalue weighted by atomic mass is 16.6. The van der Waals surface area contributed by atoms with E-state index in [1.165, 1.54) is 12.1 Å². The predicted octanol–water partition coefficient (Wildman–Crippen LogP) is 4.82. The molecule has 31 heavy (non-hydrogen) atoms. The standard InChI is InChI=1S/C24H28N2O5/c1-3-5-18-7-9-19(10-8-18)23(27)16-31-24(28)20-11-12-21(22(14-20)26(29)30)25-13-4-6-17(2)15-25/h7-12,14,17H,3-6,13,15-16H2,1-2H3/t17-/m1/s1. The Labute approximate surface area is 182 Å². The lowest BCUT2D eigenvalue weighted by molar-refractivity contribution is -0.384. The summed E-state index contributed by atoms with van der Waals surface area (Å²) >= 11 is 0. The van der Waals surface area contributed by atoms with E-state index < -0.39 is 17.5 Å². The number of Topliss-reactive ketones (excluding diaryl/α,β-unsaturated/α-hetero) is 1. The number of nitrogens with zero attached hydrogens (tertiary/aromatic N) is 2. The molecule has 0 saturated carbocycles. The molecule has 0 radical (unpaired) electrons. The molecule has 0 spiro atoms. The summed E-state index contributed by atoms with van der Waals surface area (Å²) in [6, 6.07) is 11.6. The number of ether oxygens (including phenoxy) is 1. The molecule has 7 nitrogen and oxygen atoms in total. The third kappa shape index (κ3) is 5.69. The van der Waals surface area contributed by atoms with Gasteiger partial charge < -0.3 is 9.64 Å². The normalized spacial score (nSPS) is 16.1. The number of piperidine rings is 1. The second-order valence-corrected chi connectivity index (χ2v) is 8.10. The van der Waals surface area contributed by atoms with Crippen molar-refractivity contribution in [1.29, 1.82) is 0 Å². The van der Waals surface area contributed by atoms with Gasteiger partial charge >= 0.3 is 5.97 Å². The Balaban J connectivity index is 1.67. The van der Waals surface area contributed by atoms with Gasteiger partial charge in [-0.2, -0.15) is 0 Å². The number of hydrogen-bond donors (Lipinski definition) is 0.